The number of rotatable bonds is 3. The minimum Gasteiger partial charge on any atom is -0.466 e. The van der Waals surface area contributed by atoms with Gasteiger partial charge in [-0.15, -0.1) is 11.3 Å². The number of hydrogen-bond acceptors (Lipinski definition) is 3. The van der Waals surface area contributed by atoms with E-state index in [1.54, 1.807) is 11.3 Å². The van der Waals surface area contributed by atoms with Crippen LogP contribution < -0.4 is 0 Å². The Balaban J connectivity index is 1.92. The molecule has 70 valence electrons. The highest BCUT2D eigenvalue weighted by atomic mass is 32.1. The van der Waals surface area contributed by atoms with Gasteiger partial charge in [-0.2, -0.15) is 0 Å². The van der Waals surface area contributed by atoms with Gasteiger partial charge in [0.25, 0.3) is 0 Å². The van der Waals surface area contributed by atoms with Gasteiger partial charge in [0.1, 0.15) is 0 Å². The van der Waals surface area contributed by atoms with Crippen molar-refractivity contribution in [3.63, 3.8) is 0 Å². The lowest BCUT2D eigenvalue weighted by atomic mass is 10.3. The van der Waals surface area contributed by atoms with E-state index >= 15 is 0 Å². The van der Waals surface area contributed by atoms with Crippen LogP contribution in [0.2, 0.25) is 0 Å². The Labute approximate surface area is 81.5 Å². The second kappa shape index (κ2) is 3.50. The molecule has 0 radical (unpaired) electrons. The molecule has 0 unspecified atom stereocenters. The number of carbonyl (C=O) groups excluding carboxylic acids is 1. The molecular weight excluding hydrogens is 184 g/mol. The quantitative estimate of drug-likeness (QED) is 0.694. The summed E-state index contributed by atoms with van der Waals surface area (Å²) in [7, 11) is 0. The summed E-state index contributed by atoms with van der Waals surface area (Å²) in [6.07, 6.45) is 0.972. The summed E-state index contributed by atoms with van der Waals surface area (Å²) in [4.78, 5) is 12.6. The molecule has 0 aromatic carbocycles. The highest BCUT2D eigenvalue weighted by Gasteiger charge is 2.45. The smallest absolute Gasteiger partial charge is 0.309 e. The normalized spacial score (nSPS) is 25.6. The van der Waals surface area contributed by atoms with Crippen molar-refractivity contribution in [2.24, 2.45) is 5.92 Å². The number of ether oxygens (including phenoxy) is 1. The monoisotopic (exact) mass is 196 g/mol. The number of esters is 1. The first-order valence-corrected chi connectivity index (χ1v) is 5.41. The van der Waals surface area contributed by atoms with Crippen LogP contribution in [0.1, 0.15) is 24.1 Å². The zero-order valence-electron chi connectivity index (χ0n) is 7.53. The average Bonchev–Trinajstić information content (AvgIpc) is 2.74. The Morgan fingerprint density at radius 2 is 2.62 bits per heavy atom. The van der Waals surface area contributed by atoms with Crippen LogP contribution in [0, 0.1) is 5.92 Å². The lowest BCUT2D eigenvalue weighted by molar-refractivity contribution is -0.144. The molecule has 2 rings (SSSR count). The maximum absolute atomic E-state index is 11.3. The van der Waals surface area contributed by atoms with Crippen LogP contribution in [0.15, 0.2) is 17.5 Å². The Hall–Kier alpha value is -0.830. The van der Waals surface area contributed by atoms with E-state index in [-0.39, 0.29) is 11.9 Å². The molecule has 1 fully saturated rings. The summed E-state index contributed by atoms with van der Waals surface area (Å²) in [5.41, 5.74) is 0. The van der Waals surface area contributed by atoms with Crippen LogP contribution in [0.3, 0.4) is 0 Å². The molecule has 0 aliphatic heterocycles. The predicted molar refractivity (Wildman–Crippen MR) is 51.8 cm³/mol. The van der Waals surface area contributed by atoms with Gasteiger partial charge in [-0.1, -0.05) is 6.07 Å². The number of hydrogen-bond donors (Lipinski definition) is 0. The molecule has 2 nitrogen and oxygen atoms in total. The third kappa shape index (κ3) is 1.75. The second-order valence-electron chi connectivity index (χ2n) is 3.22. The molecule has 13 heavy (non-hydrogen) atoms. The second-order valence-corrected chi connectivity index (χ2v) is 4.20. The van der Waals surface area contributed by atoms with Gasteiger partial charge in [0.05, 0.1) is 12.5 Å². The predicted octanol–water partition coefficient (Wildman–Crippen LogP) is 2.41. The van der Waals surface area contributed by atoms with Crippen LogP contribution in [-0.2, 0) is 9.53 Å². The largest absolute Gasteiger partial charge is 0.466 e. The molecule has 0 bridgehead atoms. The highest BCUT2D eigenvalue weighted by molar-refractivity contribution is 7.10. The van der Waals surface area contributed by atoms with Gasteiger partial charge >= 0.3 is 5.97 Å². The van der Waals surface area contributed by atoms with Crippen molar-refractivity contribution in [2.45, 2.75) is 19.3 Å². The molecule has 0 saturated heterocycles. The topological polar surface area (TPSA) is 26.3 Å². The van der Waals surface area contributed by atoms with Crippen molar-refractivity contribution < 1.29 is 9.53 Å². The summed E-state index contributed by atoms with van der Waals surface area (Å²) < 4.78 is 4.96. The summed E-state index contributed by atoms with van der Waals surface area (Å²) in [6.45, 7) is 2.34. The van der Waals surface area contributed by atoms with Gasteiger partial charge in [0.2, 0.25) is 0 Å². The molecular formula is C10H12O2S. The first kappa shape index (κ1) is 8.75. The zero-order chi connectivity index (χ0) is 9.26. The third-order valence-electron chi connectivity index (χ3n) is 2.29. The van der Waals surface area contributed by atoms with E-state index in [1.807, 2.05) is 13.0 Å². The summed E-state index contributed by atoms with van der Waals surface area (Å²) in [5.74, 6) is 0.554. The summed E-state index contributed by atoms with van der Waals surface area (Å²) in [6, 6.07) is 4.12. The standard InChI is InChI=1S/C10H12O2S/c1-2-12-10(11)8-6-7(8)9-4-3-5-13-9/h3-5,7-8H,2,6H2,1H3/t7-,8-/m1/s1. The SMILES string of the molecule is CCOC(=O)[C@@H]1C[C@H]1c1cccs1. The Kier molecular flexibility index (Phi) is 2.36. The first-order valence-electron chi connectivity index (χ1n) is 4.53. The van der Waals surface area contributed by atoms with Gasteiger partial charge in [-0.05, 0) is 24.8 Å². The first-order chi connectivity index (χ1) is 6.33. The van der Waals surface area contributed by atoms with Gasteiger partial charge in [-0.25, -0.2) is 0 Å². The molecule has 1 heterocycles. The minimum atomic E-state index is -0.0269. The van der Waals surface area contributed by atoms with E-state index in [9.17, 15) is 4.79 Å². The van der Waals surface area contributed by atoms with Crippen molar-refractivity contribution in [1.82, 2.24) is 0 Å². The number of thiophene rings is 1. The van der Waals surface area contributed by atoms with Crippen molar-refractivity contribution in [3.05, 3.63) is 22.4 Å². The molecule has 0 spiro atoms. The Bertz CT molecular complexity index is 292. The third-order valence-corrected chi connectivity index (χ3v) is 3.29. The van der Waals surface area contributed by atoms with E-state index in [0.29, 0.717) is 12.5 Å². The van der Waals surface area contributed by atoms with Crippen molar-refractivity contribution in [1.29, 1.82) is 0 Å². The average molecular weight is 196 g/mol. The Morgan fingerprint density at radius 3 is 3.23 bits per heavy atom. The van der Waals surface area contributed by atoms with Crippen LogP contribution in [0.5, 0.6) is 0 Å². The minimum absolute atomic E-state index is 0.0269. The molecule has 0 amide bonds. The maximum Gasteiger partial charge on any atom is 0.309 e. The Morgan fingerprint density at radius 1 is 1.77 bits per heavy atom. The molecule has 0 N–H and O–H groups in total. The summed E-state index contributed by atoms with van der Waals surface area (Å²) >= 11 is 1.72. The molecule has 3 heteroatoms. The maximum atomic E-state index is 11.3. The van der Waals surface area contributed by atoms with Crippen LogP contribution in [0.4, 0.5) is 0 Å². The molecule has 1 aromatic rings. The van der Waals surface area contributed by atoms with Gasteiger partial charge < -0.3 is 4.74 Å². The zero-order valence-corrected chi connectivity index (χ0v) is 8.34. The lowest BCUT2D eigenvalue weighted by Crippen LogP contribution is -2.06. The molecule has 1 aliphatic rings. The van der Waals surface area contributed by atoms with Crippen molar-refractivity contribution in [2.75, 3.05) is 6.61 Å². The molecule has 1 saturated carbocycles. The van der Waals surface area contributed by atoms with E-state index in [2.05, 4.69) is 11.4 Å². The fourth-order valence-corrected chi connectivity index (χ4v) is 2.43. The van der Waals surface area contributed by atoms with Gasteiger partial charge in [0.15, 0.2) is 0 Å². The fraction of sp³-hybridized carbons (Fsp3) is 0.500. The van der Waals surface area contributed by atoms with Crippen LogP contribution in [0.25, 0.3) is 0 Å². The van der Waals surface area contributed by atoms with E-state index in [1.165, 1.54) is 4.88 Å². The number of carbonyl (C=O) groups is 1. The van der Waals surface area contributed by atoms with E-state index in [4.69, 9.17) is 4.74 Å². The van der Waals surface area contributed by atoms with Gasteiger partial charge in [-0.3, -0.25) is 4.79 Å². The van der Waals surface area contributed by atoms with E-state index < -0.39 is 0 Å². The molecule has 2 atom stereocenters. The highest BCUT2D eigenvalue weighted by Crippen LogP contribution is 2.49. The fourth-order valence-electron chi connectivity index (χ4n) is 1.52. The summed E-state index contributed by atoms with van der Waals surface area (Å²) in [5, 5.41) is 2.05. The van der Waals surface area contributed by atoms with Crippen LogP contribution >= 0.6 is 11.3 Å². The van der Waals surface area contributed by atoms with Crippen LogP contribution in [-0.4, -0.2) is 12.6 Å². The van der Waals surface area contributed by atoms with E-state index in [0.717, 1.165) is 6.42 Å². The van der Waals surface area contributed by atoms with Crippen molar-refractivity contribution in [3.8, 4) is 0 Å². The molecule has 1 aliphatic carbocycles. The lowest BCUT2D eigenvalue weighted by Gasteiger charge is -1.98. The van der Waals surface area contributed by atoms with Gasteiger partial charge in [0, 0.05) is 10.8 Å². The molecule has 1 aromatic heterocycles. The van der Waals surface area contributed by atoms with Crippen molar-refractivity contribution >= 4 is 17.3 Å².